The summed E-state index contributed by atoms with van der Waals surface area (Å²) in [5, 5.41) is 0. The lowest BCUT2D eigenvalue weighted by molar-refractivity contribution is 0.103. The van der Waals surface area contributed by atoms with Crippen LogP contribution in [-0.2, 0) is 0 Å². The van der Waals surface area contributed by atoms with Crippen LogP contribution in [0.4, 0.5) is 4.39 Å². The lowest BCUT2D eigenvalue weighted by Crippen LogP contribution is -2.03. The van der Waals surface area contributed by atoms with Crippen LogP contribution in [0, 0.1) is 12.7 Å². The summed E-state index contributed by atoms with van der Waals surface area (Å²) in [5.41, 5.74) is 4.03. The van der Waals surface area contributed by atoms with Crippen molar-refractivity contribution < 1.29 is 9.18 Å². The molecule has 22 heavy (non-hydrogen) atoms. The van der Waals surface area contributed by atoms with Gasteiger partial charge in [-0.05, 0) is 30.2 Å². The fourth-order valence-corrected chi connectivity index (χ4v) is 2.42. The molecule has 0 heterocycles. The minimum atomic E-state index is -0.286. The Labute approximate surface area is 129 Å². The zero-order valence-corrected chi connectivity index (χ0v) is 12.2. The first-order valence-electron chi connectivity index (χ1n) is 7.11. The molecule has 0 aliphatic heterocycles. The molecule has 0 aliphatic rings. The molecule has 0 fully saturated rings. The summed E-state index contributed by atoms with van der Waals surface area (Å²) in [5.74, 6) is -0.314. The molecule has 2 heteroatoms. The van der Waals surface area contributed by atoms with Crippen molar-refractivity contribution in [2.45, 2.75) is 6.92 Å². The number of hydrogen-bond donors (Lipinski definition) is 0. The Bertz CT molecular complexity index is 802. The van der Waals surface area contributed by atoms with Gasteiger partial charge in [-0.25, -0.2) is 4.39 Å². The van der Waals surface area contributed by atoms with E-state index in [1.165, 1.54) is 12.1 Å². The van der Waals surface area contributed by atoms with Crippen LogP contribution in [0.3, 0.4) is 0 Å². The Hall–Kier alpha value is -2.74. The van der Waals surface area contributed by atoms with Gasteiger partial charge in [0.2, 0.25) is 0 Å². The molecule has 108 valence electrons. The SMILES string of the molecule is Cc1ccc(C(=O)c2ccccc2-c2ccc(F)cc2)cc1. The number of carbonyl (C=O) groups is 1. The lowest BCUT2D eigenvalue weighted by atomic mass is 9.94. The summed E-state index contributed by atoms with van der Waals surface area (Å²) < 4.78 is 13.1. The van der Waals surface area contributed by atoms with E-state index < -0.39 is 0 Å². The summed E-state index contributed by atoms with van der Waals surface area (Å²) in [4.78, 5) is 12.7. The molecule has 1 nitrogen and oxygen atoms in total. The van der Waals surface area contributed by atoms with Crippen molar-refractivity contribution in [3.8, 4) is 11.1 Å². The molecule has 0 radical (unpaired) electrons. The molecule has 0 amide bonds. The lowest BCUT2D eigenvalue weighted by Gasteiger charge is -2.09. The number of carbonyl (C=O) groups excluding carboxylic acids is 1. The van der Waals surface area contributed by atoms with E-state index in [1.807, 2.05) is 49.4 Å². The first-order chi connectivity index (χ1) is 10.6. The maximum absolute atomic E-state index is 13.1. The molecule has 0 aliphatic carbocycles. The molecular weight excluding hydrogens is 275 g/mol. The monoisotopic (exact) mass is 290 g/mol. The summed E-state index contributed by atoms with van der Waals surface area (Å²) in [6, 6.07) is 21.1. The third-order valence-corrected chi connectivity index (χ3v) is 3.64. The third kappa shape index (κ3) is 2.82. The maximum Gasteiger partial charge on any atom is 0.193 e. The highest BCUT2D eigenvalue weighted by Crippen LogP contribution is 2.26. The van der Waals surface area contributed by atoms with E-state index >= 15 is 0 Å². The van der Waals surface area contributed by atoms with Gasteiger partial charge in [-0.2, -0.15) is 0 Å². The van der Waals surface area contributed by atoms with E-state index in [4.69, 9.17) is 0 Å². The summed E-state index contributed by atoms with van der Waals surface area (Å²) in [6.45, 7) is 1.99. The predicted octanol–water partition coefficient (Wildman–Crippen LogP) is 5.03. The topological polar surface area (TPSA) is 17.1 Å². The minimum absolute atomic E-state index is 0.0278. The largest absolute Gasteiger partial charge is 0.289 e. The van der Waals surface area contributed by atoms with Gasteiger partial charge in [-0.15, -0.1) is 0 Å². The van der Waals surface area contributed by atoms with Gasteiger partial charge in [0.05, 0.1) is 0 Å². The number of hydrogen-bond acceptors (Lipinski definition) is 1. The summed E-state index contributed by atoms with van der Waals surface area (Å²) in [6.07, 6.45) is 0. The molecule has 0 spiro atoms. The summed E-state index contributed by atoms with van der Waals surface area (Å²) in [7, 11) is 0. The van der Waals surface area contributed by atoms with Crippen molar-refractivity contribution in [1.29, 1.82) is 0 Å². The maximum atomic E-state index is 13.1. The first kappa shape index (κ1) is 14.2. The fourth-order valence-electron chi connectivity index (χ4n) is 2.42. The highest BCUT2D eigenvalue weighted by Gasteiger charge is 2.14. The van der Waals surface area contributed by atoms with Gasteiger partial charge >= 0.3 is 0 Å². The van der Waals surface area contributed by atoms with E-state index in [1.54, 1.807) is 18.2 Å². The number of benzene rings is 3. The van der Waals surface area contributed by atoms with Crippen molar-refractivity contribution in [2.24, 2.45) is 0 Å². The zero-order valence-electron chi connectivity index (χ0n) is 12.2. The van der Waals surface area contributed by atoms with Gasteiger partial charge in [0.25, 0.3) is 0 Å². The van der Waals surface area contributed by atoms with E-state index in [0.29, 0.717) is 11.1 Å². The van der Waals surface area contributed by atoms with Gasteiger partial charge in [0.1, 0.15) is 5.82 Å². The van der Waals surface area contributed by atoms with E-state index in [-0.39, 0.29) is 11.6 Å². The first-order valence-corrected chi connectivity index (χ1v) is 7.11. The van der Waals surface area contributed by atoms with Gasteiger partial charge in [-0.3, -0.25) is 4.79 Å². The van der Waals surface area contributed by atoms with Crippen molar-refractivity contribution in [1.82, 2.24) is 0 Å². The van der Waals surface area contributed by atoms with E-state index in [9.17, 15) is 9.18 Å². The van der Waals surface area contributed by atoms with Crippen LogP contribution in [0.1, 0.15) is 21.5 Å². The number of ketones is 1. The molecule has 0 saturated carbocycles. The van der Waals surface area contributed by atoms with E-state index in [2.05, 4.69) is 0 Å². The van der Waals surface area contributed by atoms with Gasteiger partial charge in [0, 0.05) is 11.1 Å². The molecule has 3 aromatic carbocycles. The van der Waals surface area contributed by atoms with E-state index in [0.717, 1.165) is 16.7 Å². The van der Waals surface area contributed by atoms with Crippen molar-refractivity contribution in [2.75, 3.05) is 0 Å². The van der Waals surface area contributed by atoms with Crippen LogP contribution in [0.5, 0.6) is 0 Å². The third-order valence-electron chi connectivity index (χ3n) is 3.64. The van der Waals surface area contributed by atoms with Crippen molar-refractivity contribution in [3.05, 3.63) is 95.3 Å². The average molecular weight is 290 g/mol. The van der Waals surface area contributed by atoms with Crippen LogP contribution in [0.15, 0.2) is 72.8 Å². The van der Waals surface area contributed by atoms with Crippen molar-refractivity contribution in [3.63, 3.8) is 0 Å². The minimum Gasteiger partial charge on any atom is -0.289 e. The molecule has 0 bridgehead atoms. The highest BCUT2D eigenvalue weighted by molar-refractivity contribution is 6.12. The van der Waals surface area contributed by atoms with Crippen LogP contribution in [0.25, 0.3) is 11.1 Å². The highest BCUT2D eigenvalue weighted by atomic mass is 19.1. The summed E-state index contributed by atoms with van der Waals surface area (Å²) >= 11 is 0. The molecule has 0 aromatic heterocycles. The number of aryl methyl sites for hydroxylation is 1. The molecule has 0 saturated heterocycles. The Morgan fingerprint density at radius 3 is 2.14 bits per heavy atom. The molecular formula is C20H15FO. The van der Waals surface area contributed by atoms with Crippen LogP contribution < -0.4 is 0 Å². The molecule has 0 N–H and O–H groups in total. The standard InChI is InChI=1S/C20H15FO/c1-14-6-8-16(9-7-14)20(22)19-5-3-2-4-18(19)15-10-12-17(21)13-11-15/h2-13H,1H3. The average Bonchev–Trinajstić information content (AvgIpc) is 2.56. The second kappa shape index (κ2) is 5.94. The van der Waals surface area contributed by atoms with Crippen LogP contribution in [-0.4, -0.2) is 5.78 Å². The van der Waals surface area contributed by atoms with Gasteiger partial charge in [0.15, 0.2) is 5.78 Å². The van der Waals surface area contributed by atoms with Gasteiger partial charge in [-0.1, -0.05) is 66.2 Å². The van der Waals surface area contributed by atoms with Crippen molar-refractivity contribution >= 4 is 5.78 Å². The Kier molecular flexibility index (Phi) is 3.84. The molecule has 0 atom stereocenters. The fraction of sp³-hybridized carbons (Fsp3) is 0.0500. The Balaban J connectivity index is 2.06. The van der Waals surface area contributed by atoms with Crippen LogP contribution in [0.2, 0.25) is 0 Å². The molecule has 0 unspecified atom stereocenters. The number of halogens is 1. The van der Waals surface area contributed by atoms with Crippen LogP contribution >= 0.6 is 0 Å². The normalized spacial score (nSPS) is 10.5. The Morgan fingerprint density at radius 2 is 1.45 bits per heavy atom. The molecule has 3 aromatic rings. The second-order valence-electron chi connectivity index (χ2n) is 5.25. The Morgan fingerprint density at radius 1 is 0.818 bits per heavy atom. The molecule has 3 rings (SSSR count). The second-order valence-corrected chi connectivity index (χ2v) is 5.25. The van der Waals surface area contributed by atoms with Gasteiger partial charge < -0.3 is 0 Å². The quantitative estimate of drug-likeness (QED) is 0.618. The zero-order chi connectivity index (χ0) is 15.5. The number of rotatable bonds is 3. The smallest absolute Gasteiger partial charge is 0.193 e. The predicted molar refractivity (Wildman–Crippen MR) is 86.4 cm³/mol.